The third-order valence-electron chi connectivity index (χ3n) is 7.84. The molecule has 0 N–H and O–H groups in total. The molecule has 5 rings (SSSR count). The highest BCUT2D eigenvalue weighted by atomic mass is 16.6. The number of esters is 2. The molecule has 2 aliphatic rings. The number of hydrogen-bond donors (Lipinski definition) is 0. The molecule has 2 atom stereocenters. The number of hydrogen-bond acceptors (Lipinski definition) is 9. The van der Waals surface area contributed by atoms with Crippen molar-refractivity contribution in [3.8, 4) is 22.8 Å². The number of likely N-dealkylation sites (tertiary alicyclic amines) is 1. The minimum absolute atomic E-state index is 0.0475. The van der Waals surface area contributed by atoms with Crippen LogP contribution in [0.2, 0.25) is 0 Å². The number of amides is 1. The molecule has 0 bridgehead atoms. The van der Waals surface area contributed by atoms with Gasteiger partial charge in [-0.3, -0.25) is 9.69 Å². The Hall–Kier alpha value is -4.34. The van der Waals surface area contributed by atoms with Gasteiger partial charge in [-0.25, -0.2) is 14.6 Å². The maximum atomic E-state index is 12.8. The highest BCUT2D eigenvalue weighted by Crippen LogP contribution is 2.41. The van der Waals surface area contributed by atoms with Crippen LogP contribution < -0.4 is 9.47 Å². The fourth-order valence-electron chi connectivity index (χ4n) is 5.26. The van der Waals surface area contributed by atoms with Gasteiger partial charge in [-0.2, -0.15) is 0 Å². The van der Waals surface area contributed by atoms with Crippen LogP contribution in [0.15, 0.2) is 54.6 Å². The molecule has 236 valence electrons. The Morgan fingerprint density at radius 2 is 1.66 bits per heavy atom. The third kappa shape index (κ3) is 7.59. The van der Waals surface area contributed by atoms with Gasteiger partial charge in [0.25, 0.3) is 0 Å². The zero-order valence-corrected chi connectivity index (χ0v) is 26.5. The first kappa shape index (κ1) is 32.6. The lowest BCUT2D eigenvalue weighted by Crippen LogP contribution is -2.44. The van der Waals surface area contributed by atoms with Crippen LogP contribution in [0.4, 0.5) is 4.79 Å². The molecular formula is C34H42N2O8. The van der Waals surface area contributed by atoms with E-state index in [4.69, 9.17) is 23.9 Å². The van der Waals surface area contributed by atoms with Crippen molar-refractivity contribution in [2.24, 2.45) is 5.41 Å². The van der Waals surface area contributed by atoms with E-state index in [1.54, 1.807) is 27.9 Å². The van der Waals surface area contributed by atoms with Crippen molar-refractivity contribution in [2.45, 2.75) is 71.1 Å². The number of pyridine rings is 1. The Morgan fingerprint density at radius 1 is 0.955 bits per heavy atom. The smallest absolute Gasteiger partial charge is 0.411 e. The van der Waals surface area contributed by atoms with Gasteiger partial charge in [-0.05, 0) is 52.7 Å². The second kappa shape index (κ2) is 13.5. The largest absolute Gasteiger partial charge is 0.497 e. The maximum absolute atomic E-state index is 12.8. The number of nitrogens with zero attached hydrogens (tertiary/aromatic N) is 2. The summed E-state index contributed by atoms with van der Waals surface area (Å²) in [6.45, 7) is 7.50. The fourth-order valence-corrected chi connectivity index (χ4v) is 5.26. The molecule has 10 nitrogen and oxygen atoms in total. The number of aromatic nitrogens is 1. The van der Waals surface area contributed by atoms with Gasteiger partial charge in [-0.15, -0.1) is 0 Å². The molecule has 1 saturated carbocycles. The lowest BCUT2D eigenvalue weighted by Gasteiger charge is -2.34. The zero-order chi connectivity index (χ0) is 32.1. The quantitative estimate of drug-likeness (QED) is 0.239. The molecule has 1 amide bonds. The van der Waals surface area contributed by atoms with E-state index in [1.165, 1.54) is 25.5 Å². The van der Waals surface area contributed by atoms with Gasteiger partial charge in [0, 0.05) is 29.5 Å². The van der Waals surface area contributed by atoms with Crippen molar-refractivity contribution in [3.63, 3.8) is 0 Å². The van der Waals surface area contributed by atoms with Crippen molar-refractivity contribution < 1.29 is 38.1 Å². The number of fused-ring (bicyclic) bond motifs is 1. The lowest BCUT2D eigenvalue weighted by atomic mass is 9.70. The normalized spacial score (nSPS) is 18.8. The summed E-state index contributed by atoms with van der Waals surface area (Å²) >= 11 is 0. The number of benzene rings is 2. The van der Waals surface area contributed by atoms with Gasteiger partial charge < -0.3 is 23.7 Å². The number of rotatable bonds is 6. The van der Waals surface area contributed by atoms with Gasteiger partial charge >= 0.3 is 18.0 Å². The standard InChI is InChI=1S/C27H30N2O6.C7H12O2/c1-27(2,3)35-26(31)29-16-19(14-23(29)25(30)33-5)34-24-15-21(17-9-7-6-8-10-17)28-22-13-18(32-4)11-12-20(22)24;1-7(4-3-5-7)6(8)9-2/h6-13,15,19,23H,14,16H2,1-5H3;3-5H2,1-2H3/t19?,23-;/m0./s1. The van der Waals surface area contributed by atoms with E-state index < -0.39 is 29.8 Å². The summed E-state index contributed by atoms with van der Waals surface area (Å²) in [6.07, 6.45) is 2.44. The van der Waals surface area contributed by atoms with Crippen molar-refractivity contribution in [3.05, 3.63) is 54.6 Å². The second-order valence-corrected chi connectivity index (χ2v) is 12.3. The zero-order valence-electron chi connectivity index (χ0n) is 26.5. The van der Waals surface area contributed by atoms with E-state index in [0.717, 1.165) is 29.5 Å². The number of carbonyl (C=O) groups excluding carboxylic acids is 3. The molecule has 10 heteroatoms. The fraction of sp³-hybridized carbons (Fsp3) is 0.471. The first-order valence-electron chi connectivity index (χ1n) is 14.7. The maximum Gasteiger partial charge on any atom is 0.411 e. The first-order chi connectivity index (χ1) is 20.9. The minimum atomic E-state index is -0.790. The lowest BCUT2D eigenvalue weighted by molar-refractivity contribution is -0.156. The molecule has 1 aromatic heterocycles. The van der Waals surface area contributed by atoms with Crippen LogP contribution in [-0.4, -0.2) is 73.5 Å². The van der Waals surface area contributed by atoms with E-state index >= 15 is 0 Å². The van der Waals surface area contributed by atoms with E-state index in [9.17, 15) is 14.4 Å². The van der Waals surface area contributed by atoms with Gasteiger partial charge in [-0.1, -0.05) is 36.8 Å². The topological polar surface area (TPSA) is 113 Å². The molecule has 3 aromatic rings. The van der Waals surface area contributed by atoms with Crippen molar-refractivity contribution in [1.82, 2.24) is 9.88 Å². The SMILES string of the molecule is COC(=O)C1(C)CCC1.COC(=O)[C@@H]1CC(Oc2cc(-c3ccccc3)nc3cc(OC)ccc23)CN1C(=O)OC(C)(C)C. The molecular weight excluding hydrogens is 564 g/mol. The number of carbonyl (C=O) groups is 3. The molecule has 1 aliphatic heterocycles. The van der Waals surface area contributed by atoms with Gasteiger partial charge in [0.05, 0.1) is 44.5 Å². The van der Waals surface area contributed by atoms with Crippen LogP contribution in [0, 0.1) is 5.41 Å². The van der Waals surface area contributed by atoms with Crippen molar-refractivity contribution >= 4 is 28.9 Å². The molecule has 2 fully saturated rings. The van der Waals surface area contributed by atoms with Crippen LogP contribution in [0.25, 0.3) is 22.2 Å². The molecule has 2 heterocycles. The van der Waals surface area contributed by atoms with Gasteiger partial charge in [0.15, 0.2) is 0 Å². The average Bonchev–Trinajstić information content (AvgIpc) is 3.42. The Labute approximate surface area is 258 Å². The Bertz CT molecular complexity index is 1480. The summed E-state index contributed by atoms with van der Waals surface area (Å²) in [7, 11) is 4.36. The van der Waals surface area contributed by atoms with E-state index in [0.29, 0.717) is 17.0 Å². The van der Waals surface area contributed by atoms with E-state index in [1.807, 2.05) is 61.5 Å². The molecule has 0 radical (unpaired) electrons. The third-order valence-corrected chi connectivity index (χ3v) is 7.84. The minimum Gasteiger partial charge on any atom is -0.497 e. The van der Waals surface area contributed by atoms with Crippen LogP contribution in [0.3, 0.4) is 0 Å². The summed E-state index contributed by atoms with van der Waals surface area (Å²) in [5.74, 6) is 0.741. The first-order valence-corrected chi connectivity index (χ1v) is 14.7. The van der Waals surface area contributed by atoms with Crippen LogP contribution in [-0.2, 0) is 23.8 Å². The van der Waals surface area contributed by atoms with E-state index in [2.05, 4.69) is 4.74 Å². The predicted molar refractivity (Wildman–Crippen MR) is 165 cm³/mol. The Balaban J connectivity index is 0.000000421. The molecule has 1 saturated heterocycles. The summed E-state index contributed by atoms with van der Waals surface area (Å²) in [5, 5.41) is 0.802. The number of methoxy groups -OCH3 is 3. The summed E-state index contributed by atoms with van der Waals surface area (Å²) in [4.78, 5) is 42.4. The highest BCUT2D eigenvalue weighted by molar-refractivity contribution is 5.89. The van der Waals surface area contributed by atoms with E-state index in [-0.39, 0.29) is 24.3 Å². The highest BCUT2D eigenvalue weighted by Gasteiger charge is 2.43. The Kier molecular flexibility index (Phi) is 10.0. The van der Waals surface area contributed by atoms with Gasteiger partial charge in [0.2, 0.25) is 0 Å². The molecule has 0 spiro atoms. The monoisotopic (exact) mass is 606 g/mol. The number of ether oxygens (including phenoxy) is 5. The van der Waals surface area contributed by atoms with Gasteiger partial charge in [0.1, 0.15) is 29.2 Å². The predicted octanol–water partition coefficient (Wildman–Crippen LogP) is 6.19. The molecule has 1 unspecified atom stereocenters. The average molecular weight is 607 g/mol. The molecule has 2 aromatic carbocycles. The summed E-state index contributed by atoms with van der Waals surface area (Å²) in [5.41, 5.74) is 1.58. The van der Waals surface area contributed by atoms with Crippen LogP contribution >= 0.6 is 0 Å². The van der Waals surface area contributed by atoms with Crippen LogP contribution in [0.5, 0.6) is 11.5 Å². The Morgan fingerprint density at radius 3 is 2.20 bits per heavy atom. The van der Waals surface area contributed by atoms with Crippen molar-refractivity contribution in [1.29, 1.82) is 0 Å². The van der Waals surface area contributed by atoms with Crippen molar-refractivity contribution in [2.75, 3.05) is 27.9 Å². The molecule has 1 aliphatic carbocycles. The summed E-state index contributed by atoms with van der Waals surface area (Å²) in [6, 6.07) is 16.5. The molecule has 44 heavy (non-hydrogen) atoms. The summed E-state index contributed by atoms with van der Waals surface area (Å²) < 4.78 is 26.9. The van der Waals surface area contributed by atoms with Crippen LogP contribution in [0.1, 0.15) is 53.4 Å². The second-order valence-electron chi connectivity index (χ2n) is 12.3.